The molecule has 2 atom stereocenters. The van der Waals surface area contributed by atoms with Crippen LogP contribution in [0.4, 0.5) is 0 Å². The Morgan fingerprint density at radius 1 is 1.00 bits per heavy atom. The van der Waals surface area contributed by atoms with E-state index in [4.69, 9.17) is 0 Å². The van der Waals surface area contributed by atoms with Crippen molar-refractivity contribution in [2.45, 2.75) is 71.8 Å². The zero-order chi connectivity index (χ0) is 14.4. The fraction of sp³-hybridized carbons (Fsp3) is 0.647. The van der Waals surface area contributed by atoms with E-state index in [2.05, 4.69) is 33.8 Å². The van der Waals surface area contributed by atoms with Gasteiger partial charge in [-0.2, -0.15) is 0 Å². The zero-order valence-electron chi connectivity index (χ0n) is 12.7. The first-order chi connectivity index (χ1) is 9.04. The third-order valence-corrected chi connectivity index (χ3v) is 3.95. The molecular weight excluding hydrogens is 236 g/mol. The lowest BCUT2D eigenvalue weighted by Gasteiger charge is -2.19. The fourth-order valence-corrected chi connectivity index (χ4v) is 2.71. The Labute approximate surface area is 117 Å². The maximum Gasteiger partial charge on any atom is 0.124 e. The lowest BCUT2D eigenvalue weighted by molar-refractivity contribution is 0.274. The molecule has 0 aliphatic heterocycles. The van der Waals surface area contributed by atoms with Crippen molar-refractivity contribution in [1.29, 1.82) is 0 Å². The Morgan fingerprint density at radius 3 is 2.11 bits per heavy atom. The molecule has 0 heterocycles. The molecule has 0 aliphatic rings. The molecule has 0 saturated heterocycles. The van der Waals surface area contributed by atoms with Crippen molar-refractivity contribution < 1.29 is 10.2 Å². The van der Waals surface area contributed by atoms with Crippen LogP contribution >= 0.6 is 0 Å². The third-order valence-electron chi connectivity index (χ3n) is 3.95. The molecular formula is C17H28O2. The maximum atomic E-state index is 10.3. The molecule has 1 rings (SSSR count). The molecule has 19 heavy (non-hydrogen) atoms. The molecule has 2 nitrogen and oxygen atoms in total. The van der Waals surface area contributed by atoms with Gasteiger partial charge in [-0.05, 0) is 41.9 Å². The van der Waals surface area contributed by atoms with Crippen LogP contribution in [-0.2, 0) is 6.61 Å². The van der Waals surface area contributed by atoms with E-state index in [-0.39, 0.29) is 12.4 Å². The van der Waals surface area contributed by atoms with Gasteiger partial charge in [-0.15, -0.1) is 0 Å². The molecule has 0 aliphatic carbocycles. The minimum Gasteiger partial charge on any atom is -0.507 e. The first-order valence-corrected chi connectivity index (χ1v) is 7.51. The van der Waals surface area contributed by atoms with Crippen LogP contribution in [-0.4, -0.2) is 10.2 Å². The summed E-state index contributed by atoms with van der Waals surface area (Å²) in [6.45, 7) is 8.61. The van der Waals surface area contributed by atoms with Crippen molar-refractivity contribution in [3.05, 3.63) is 28.8 Å². The summed E-state index contributed by atoms with van der Waals surface area (Å²) in [4.78, 5) is 0. The number of benzene rings is 1. The Kier molecular flexibility index (Phi) is 6.36. The van der Waals surface area contributed by atoms with Gasteiger partial charge in [0, 0.05) is 5.56 Å². The molecule has 2 unspecified atom stereocenters. The molecule has 0 radical (unpaired) electrons. The second-order valence-electron chi connectivity index (χ2n) is 5.66. The van der Waals surface area contributed by atoms with E-state index < -0.39 is 0 Å². The third kappa shape index (κ3) is 3.97. The molecule has 0 fully saturated rings. The minimum atomic E-state index is -0.0929. The highest BCUT2D eigenvalue weighted by atomic mass is 16.3. The monoisotopic (exact) mass is 264 g/mol. The summed E-state index contributed by atoms with van der Waals surface area (Å²) in [6.07, 6.45) is 4.45. The van der Waals surface area contributed by atoms with Gasteiger partial charge in [-0.3, -0.25) is 0 Å². The predicted octanol–water partition coefficient (Wildman–Crippen LogP) is 4.69. The summed E-state index contributed by atoms with van der Waals surface area (Å²) in [5.74, 6) is 1.10. The number of aliphatic hydroxyl groups is 1. The molecule has 2 N–H and O–H groups in total. The van der Waals surface area contributed by atoms with Gasteiger partial charge >= 0.3 is 0 Å². The Balaban J connectivity index is 3.17. The first kappa shape index (κ1) is 16.0. The van der Waals surface area contributed by atoms with Gasteiger partial charge in [0.25, 0.3) is 0 Å². The smallest absolute Gasteiger partial charge is 0.124 e. The number of phenols is 1. The van der Waals surface area contributed by atoms with E-state index in [1.54, 1.807) is 0 Å². The van der Waals surface area contributed by atoms with Gasteiger partial charge < -0.3 is 10.2 Å². The summed E-state index contributed by atoms with van der Waals surface area (Å²) in [6, 6.07) is 4.09. The standard InChI is InChI=1S/C17H28O2/c1-5-7-12(3)14-9-15(11-18)17(19)16(10-14)13(4)8-6-2/h9-10,12-13,18-19H,5-8,11H2,1-4H3. The Morgan fingerprint density at radius 2 is 1.58 bits per heavy atom. The van der Waals surface area contributed by atoms with Crippen molar-refractivity contribution in [2.24, 2.45) is 0 Å². The van der Waals surface area contributed by atoms with Crippen LogP contribution in [0.25, 0.3) is 0 Å². The van der Waals surface area contributed by atoms with Gasteiger partial charge in [0.2, 0.25) is 0 Å². The Hall–Kier alpha value is -1.02. The summed E-state index contributed by atoms with van der Waals surface area (Å²) in [7, 11) is 0. The highest BCUT2D eigenvalue weighted by Gasteiger charge is 2.16. The molecule has 0 aromatic heterocycles. The lowest BCUT2D eigenvalue weighted by Crippen LogP contribution is -2.02. The molecule has 2 heteroatoms. The highest BCUT2D eigenvalue weighted by molar-refractivity contribution is 5.46. The van der Waals surface area contributed by atoms with Crippen LogP contribution in [0.2, 0.25) is 0 Å². The van der Waals surface area contributed by atoms with Crippen LogP contribution in [0.5, 0.6) is 5.75 Å². The van der Waals surface area contributed by atoms with E-state index in [1.807, 2.05) is 6.07 Å². The van der Waals surface area contributed by atoms with Crippen molar-refractivity contribution in [2.75, 3.05) is 0 Å². The number of hydrogen-bond donors (Lipinski definition) is 2. The molecule has 0 spiro atoms. The molecule has 0 saturated carbocycles. The number of rotatable bonds is 7. The van der Waals surface area contributed by atoms with E-state index >= 15 is 0 Å². The summed E-state index contributed by atoms with van der Waals surface area (Å²) >= 11 is 0. The fourth-order valence-electron chi connectivity index (χ4n) is 2.71. The van der Waals surface area contributed by atoms with Crippen molar-refractivity contribution in [3.63, 3.8) is 0 Å². The molecule has 0 bridgehead atoms. The van der Waals surface area contributed by atoms with Crippen molar-refractivity contribution in [1.82, 2.24) is 0 Å². The normalized spacial score (nSPS) is 14.4. The second-order valence-corrected chi connectivity index (χ2v) is 5.66. The summed E-state index contributed by atoms with van der Waals surface area (Å²) in [5, 5.41) is 19.7. The molecule has 1 aromatic rings. The molecule has 108 valence electrons. The predicted molar refractivity (Wildman–Crippen MR) is 80.7 cm³/mol. The number of aromatic hydroxyl groups is 1. The molecule has 0 amide bonds. The van der Waals surface area contributed by atoms with Crippen LogP contribution in [0.15, 0.2) is 12.1 Å². The van der Waals surface area contributed by atoms with E-state index in [9.17, 15) is 10.2 Å². The molecule has 1 aromatic carbocycles. The average molecular weight is 264 g/mol. The summed E-state index contributed by atoms with van der Waals surface area (Å²) in [5.41, 5.74) is 2.89. The van der Waals surface area contributed by atoms with E-state index in [0.29, 0.717) is 17.4 Å². The average Bonchev–Trinajstić information content (AvgIpc) is 2.39. The van der Waals surface area contributed by atoms with Crippen LogP contribution in [0.1, 0.15) is 81.9 Å². The first-order valence-electron chi connectivity index (χ1n) is 7.51. The van der Waals surface area contributed by atoms with E-state index in [0.717, 1.165) is 31.2 Å². The van der Waals surface area contributed by atoms with Crippen molar-refractivity contribution >= 4 is 0 Å². The summed E-state index contributed by atoms with van der Waals surface area (Å²) < 4.78 is 0. The lowest BCUT2D eigenvalue weighted by atomic mass is 9.87. The highest BCUT2D eigenvalue weighted by Crippen LogP contribution is 2.35. The van der Waals surface area contributed by atoms with Gasteiger partial charge in [0.15, 0.2) is 0 Å². The largest absolute Gasteiger partial charge is 0.507 e. The van der Waals surface area contributed by atoms with Crippen LogP contribution in [0.3, 0.4) is 0 Å². The minimum absolute atomic E-state index is 0.0929. The topological polar surface area (TPSA) is 40.5 Å². The number of aliphatic hydroxyl groups excluding tert-OH is 1. The van der Waals surface area contributed by atoms with Crippen molar-refractivity contribution in [3.8, 4) is 5.75 Å². The van der Waals surface area contributed by atoms with Gasteiger partial charge in [-0.25, -0.2) is 0 Å². The number of hydrogen-bond acceptors (Lipinski definition) is 2. The van der Waals surface area contributed by atoms with E-state index in [1.165, 1.54) is 5.56 Å². The van der Waals surface area contributed by atoms with Gasteiger partial charge in [0.05, 0.1) is 6.61 Å². The van der Waals surface area contributed by atoms with Crippen LogP contribution in [0, 0.1) is 0 Å². The zero-order valence-corrected chi connectivity index (χ0v) is 12.7. The second kappa shape index (κ2) is 7.54. The van der Waals surface area contributed by atoms with Crippen LogP contribution < -0.4 is 0 Å². The van der Waals surface area contributed by atoms with Gasteiger partial charge in [0.1, 0.15) is 5.75 Å². The van der Waals surface area contributed by atoms with Gasteiger partial charge in [-0.1, -0.05) is 46.6 Å². The SMILES string of the molecule is CCCC(C)c1cc(CO)c(O)c(C(C)CCC)c1. The quantitative estimate of drug-likeness (QED) is 0.750. The Bertz CT molecular complexity index is 398. The maximum absolute atomic E-state index is 10.3.